The van der Waals surface area contributed by atoms with Crippen molar-refractivity contribution in [2.75, 3.05) is 19.0 Å². The van der Waals surface area contributed by atoms with Crippen LogP contribution in [-0.2, 0) is 4.74 Å². The molecule has 2 unspecified atom stereocenters. The number of carbonyl (C=O) groups excluding carboxylic acids is 1. The summed E-state index contributed by atoms with van der Waals surface area (Å²) in [5, 5.41) is 0. The number of hydrogen-bond donors (Lipinski definition) is 0. The lowest BCUT2D eigenvalue weighted by Crippen LogP contribution is -2.51. The number of alkyl halides is 1. The van der Waals surface area contributed by atoms with E-state index in [0.717, 1.165) is 11.1 Å². The van der Waals surface area contributed by atoms with Crippen molar-refractivity contribution in [3.05, 3.63) is 35.4 Å². The maximum atomic E-state index is 12.4. The molecule has 0 radical (unpaired) electrons. The number of hydrogen-bond acceptors (Lipinski definition) is 2. The predicted octanol–water partition coefficient (Wildman–Crippen LogP) is 2.46. The topological polar surface area (TPSA) is 29.5 Å². The summed E-state index contributed by atoms with van der Waals surface area (Å²) in [6, 6.07) is 7.75. The first-order valence-corrected chi connectivity index (χ1v) is 6.70. The van der Waals surface area contributed by atoms with E-state index in [4.69, 9.17) is 16.3 Å². The van der Waals surface area contributed by atoms with Gasteiger partial charge in [-0.3, -0.25) is 4.79 Å². The minimum atomic E-state index is -0.0581. The Labute approximate surface area is 113 Å². The fourth-order valence-corrected chi connectivity index (χ4v) is 2.24. The van der Waals surface area contributed by atoms with E-state index >= 15 is 0 Å². The van der Waals surface area contributed by atoms with E-state index in [1.54, 1.807) is 0 Å². The van der Waals surface area contributed by atoms with Crippen molar-refractivity contribution in [2.24, 2.45) is 0 Å². The van der Waals surface area contributed by atoms with Gasteiger partial charge in [-0.05, 0) is 26.0 Å². The highest BCUT2D eigenvalue weighted by atomic mass is 35.5. The van der Waals surface area contributed by atoms with Crippen molar-refractivity contribution in [3.8, 4) is 0 Å². The number of ether oxygens (including phenoxy) is 1. The molecular formula is C14H18ClNO2. The Morgan fingerprint density at radius 3 is 2.72 bits per heavy atom. The average Bonchev–Trinajstić information content (AvgIpc) is 2.39. The predicted molar refractivity (Wildman–Crippen MR) is 72.1 cm³/mol. The Kier molecular flexibility index (Phi) is 4.25. The molecule has 0 bridgehead atoms. The summed E-state index contributed by atoms with van der Waals surface area (Å²) >= 11 is 5.80. The van der Waals surface area contributed by atoms with Crippen LogP contribution in [0.3, 0.4) is 0 Å². The summed E-state index contributed by atoms with van der Waals surface area (Å²) in [6.07, 6.45) is -0.0581. The van der Waals surface area contributed by atoms with Gasteiger partial charge in [0.2, 0.25) is 0 Å². The number of rotatable bonds is 2. The molecule has 1 amide bonds. The third-order valence-corrected chi connectivity index (χ3v) is 3.58. The first kappa shape index (κ1) is 13.4. The summed E-state index contributed by atoms with van der Waals surface area (Å²) in [5.74, 6) is 0.477. The summed E-state index contributed by atoms with van der Waals surface area (Å²) < 4.78 is 5.55. The van der Waals surface area contributed by atoms with Gasteiger partial charge in [0.1, 0.15) is 0 Å². The molecule has 1 saturated heterocycles. The van der Waals surface area contributed by atoms with Gasteiger partial charge in [0, 0.05) is 12.1 Å². The lowest BCUT2D eigenvalue weighted by Gasteiger charge is -2.37. The maximum absolute atomic E-state index is 12.4. The highest BCUT2D eigenvalue weighted by Crippen LogP contribution is 2.16. The highest BCUT2D eigenvalue weighted by molar-refractivity contribution is 6.18. The van der Waals surface area contributed by atoms with Gasteiger partial charge in [0.25, 0.3) is 5.91 Å². The molecule has 1 heterocycles. The van der Waals surface area contributed by atoms with Crippen LogP contribution >= 0.6 is 11.6 Å². The quantitative estimate of drug-likeness (QED) is 0.771. The first-order chi connectivity index (χ1) is 8.61. The minimum Gasteiger partial charge on any atom is -0.373 e. The SMILES string of the molecule is Cc1ccc(C(=O)N2CC(CCl)OCC2C)cc1. The molecule has 4 heteroatoms. The third-order valence-electron chi connectivity index (χ3n) is 3.24. The molecule has 1 aromatic carbocycles. The molecule has 0 spiro atoms. The zero-order chi connectivity index (χ0) is 13.1. The van der Waals surface area contributed by atoms with Gasteiger partial charge in [-0.1, -0.05) is 17.7 Å². The molecule has 2 rings (SSSR count). The molecule has 3 nitrogen and oxygen atoms in total. The second kappa shape index (κ2) is 5.72. The summed E-state index contributed by atoms with van der Waals surface area (Å²) in [7, 11) is 0. The van der Waals surface area contributed by atoms with Gasteiger partial charge in [0.05, 0.1) is 24.6 Å². The number of amides is 1. The van der Waals surface area contributed by atoms with E-state index in [0.29, 0.717) is 19.0 Å². The van der Waals surface area contributed by atoms with Crippen molar-refractivity contribution in [1.29, 1.82) is 0 Å². The third kappa shape index (κ3) is 2.85. The second-order valence-electron chi connectivity index (χ2n) is 4.78. The van der Waals surface area contributed by atoms with Crippen LogP contribution < -0.4 is 0 Å². The molecular weight excluding hydrogens is 250 g/mol. The standard InChI is InChI=1S/C14H18ClNO2/c1-10-3-5-12(6-4-10)14(17)16-8-13(7-15)18-9-11(16)2/h3-6,11,13H,7-9H2,1-2H3. The largest absolute Gasteiger partial charge is 0.373 e. The zero-order valence-electron chi connectivity index (χ0n) is 10.7. The van der Waals surface area contributed by atoms with Crippen molar-refractivity contribution in [3.63, 3.8) is 0 Å². The number of morpholine rings is 1. The molecule has 0 saturated carbocycles. The Bertz CT molecular complexity index is 418. The van der Waals surface area contributed by atoms with E-state index in [9.17, 15) is 4.79 Å². The van der Waals surface area contributed by atoms with Crippen molar-refractivity contribution < 1.29 is 9.53 Å². The van der Waals surface area contributed by atoms with E-state index in [1.165, 1.54) is 0 Å². The number of halogens is 1. The second-order valence-corrected chi connectivity index (χ2v) is 5.09. The molecule has 0 N–H and O–H groups in total. The molecule has 18 heavy (non-hydrogen) atoms. The highest BCUT2D eigenvalue weighted by Gasteiger charge is 2.29. The fraction of sp³-hybridized carbons (Fsp3) is 0.500. The monoisotopic (exact) mass is 267 g/mol. The molecule has 1 aromatic rings. The van der Waals surface area contributed by atoms with Crippen LogP contribution in [0.15, 0.2) is 24.3 Å². The van der Waals surface area contributed by atoms with Crippen LogP contribution in [-0.4, -0.2) is 42.0 Å². The van der Waals surface area contributed by atoms with Crippen molar-refractivity contribution >= 4 is 17.5 Å². The smallest absolute Gasteiger partial charge is 0.254 e. The molecule has 98 valence electrons. The van der Waals surface area contributed by atoms with Gasteiger partial charge >= 0.3 is 0 Å². The molecule has 2 atom stereocenters. The lowest BCUT2D eigenvalue weighted by atomic mass is 10.1. The number of aryl methyl sites for hydroxylation is 1. The van der Waals surface area contributed by atoms with Crippen LogP contribution in [0.25, 0.3) is 0 Å². The summed E-state index contributed by atoms with van der Waals surface area (Å²) in [4.78, 5) is 14.3. The van der Waals surface area contributed by atoms with E-state index in [2.05, 4.69) is 0 Å². The Morgan fingerprint density at radius 1 is 1.44 bits per heavy atom. The molecule has 0 aromatic heterocycles. The number of nitrogens with zero attached hydrogens (tertiary/aromatic N) is 1. The van der Waals surface area contributed by atoms with Crippen LogP contribution in [0.4, 0.5) is 0 Å². The summed E-state index contributed by atoms with van der Waals surface area (Å²) in [5.41, 5.74) is 1.88. The Balaban J connectivity index is 2.13. The molecule has 1 aliphatic rings. The first-order valence-electron chi connectivity index (χ1n) is 6.17. The molecule has 1 aliphatic heterocycles. The van der Waals surface area contributed by atoms with Gasteiger partial charge in [-0.2, -0.15) is 0 Å². The van der Waals surface area contributed by atoms with Gasteiger partial charge in [-0.15, -0.1) is 11.6 Å². The average molecular weight is 268 g/mol. The van der Waals surface area contributed by atoms with Crippen LogP contribution in [0.5, 0.6) is 0 Å². The van der Waals surface area contributed by atoms with Gasteiger partial charge in [0.15, 0.2) is 0 Å². The van der Waals surface area contributed by atoms with Crippen LogP contribution in [0.1, 0.15) is 22.8 Å². The molecule has 0 aliphatic carbocycles. The van der Waals surface area contributed by atoms with E-state index < -0.39 is 0 Å². The van der Waals surface area contributed by atoms with Gasteiger partial charge < -0.3 is 9.64 Å². The maximum Gasteiger partial charge on any atom is 0.254 e. The van der Waals surface area contributed by atoms with Crippen LogP contribution in [0, 0.1) is 6.92 Å². The number of carbonyl (C=O) groups is 1. The van der Waals surface area contributed by atoms with Crippen molar-refractivity contribution in [2.45, 2.75) is 26.0 Å². The molecule has 1 fully saturated rings. The normalized spacial score (nSPS) is 24.1. The van der Waals surface area contributed by atoms with Crippen LogP contribution in [0.2, 0.25) is 0 Å². The lowest BCUT2D eigenvalue weighted by molar-refractivity contribution is -0.0371. The van der Waals surface area contributed by atoms with E-state index in [-0.39, 0.29) is 18.1 Å². The zero-order valence-corrected chi connectivity index (χ0v) is 11.5. The summed E-state index contributed by atoms with van der Waals surface area (Å²) in [6.45, 7) is 5.12. The minimum absolute atomic E-state index is 0.0564. The van der Waals surface area contributed by atoms with Crippen molar-refractivity contribution in [1.82, 2.24) is 4.90 Å². The number of benzene rings is 1. The fourth-order valence-electron chi connectivity index (χ4n) is 2.06. The Morgan fingerprint density at radius 2 is 2.11 bits per heavy atom. The van der Waals surface area contributed by atoms with E-state index in [1.807, 2.05) is 43.0 Å². The Hall–Kier alpha value is -1.06. The van der Waals surface area contributed by atoms with Gasteiger partial charge in [-0.25, -0.2) is 0 Å².